The maximum atomic E-state index is 13.1. The lowest BCUT2D eigenvalue weighted by Gasteiger charge is -2.43. The van der Waals surface area contributed by atoms with Gasteiger partial charge >= 0.3 is 0 Å². The van der Waals surface area contributed by atoms with E-state index < -0.39 is 9.84 Å². The Labute approximate surface area is 166 Å². The van der Waals surface area contributed by atoms with Gasteiger partial charge in [0, 0.05) is 18.3 Å². The lowest BCUT2D eigenvalue weighted by atomic mass is 10.00. The summed E-state index contributed by atoms with van der Waals surface area (Å²) in [6.07, 6.45) is 0. The first-order valence-electron chi connectivity index (χ1n) is 9.74. The van der Waals surface area contributed by atoms with E-state index in [4.69, 9.17) is 0 Å². The van der Waals surface area contributed by atoms with Crippen molar-refractivity contribution in [2.75, 3.05) is 23.0 Å². The van der Waals surface area contributed by atoms with E-state index in [-0.39, 0.29) is 36.0 Å². The maximum Gasteiger partial charge on any atom is 0.241 e. The van der Waals surface area contributed by atoms with Gasteiger partial charge in [-0.25, -0.2) is 8.42 Å². The summed E-state index contributed by atoms with van der Waals surface area (Å²) in [5.41, 5.74) is 3.09. The van der Waals surface area contributed by atoms with Crippen molar-refractivity contribution >= 4 is 21.4 Å². The third kappa shape index (κ3) is 3.71. The van der Waals surface area contributed by atoms with Crippen LogP contribution in [-0.2, 0) is 21.2 Å². The van der Waals surface area contributed by atoms with Gasteiger partial charge in [0.25, 0.3) is 0 Å². The molecule has 148 valence electrons. The summed E-state index contributed by atoms with van der Waals surface area (Å²) in [7, 11) is -3.18. The van der Waals surface area contributed by atoms with Gasteiger partial charge < -0.3 is 4.90 Å². The average Bonchev–Trinajstić information content (AvgIpc) is 2.98. The van der Waals surface area contributed by atoms with Crippen LogP contribution >= 0.6 is 0 Å². The zero-order valence-electron chi connectivity index (χ0n) is 16.3. The van der Waals surface area contributed by atoms with Crippen LogP contribution < -0.4 is 4.90 Å². The number of nitrogens with zero attached hydrogens (tertiary/aromatic N) is 2. The molecule has 0 unspecified atom stereocenters. The summed E-state index contributed by atoms with van der Waals surface area (Å²) in [5.74, 6) is 0.512. The fraction of sp³-hybridized carbons (Fsp3) is 0.409. The fourth-order valence-corrected chi connectivity index (χ4v) is 6.29. The third-order valence-electron chi connectivity index (χ3n) is 5.77. The number of rotatable bonds is 4. The molecule has 2 saturated heterocycles. The largest absolute Gasteiger partial charge is 0.306 e. The first-order valence-corrected chi connectivity index (χ1v) is 11.6. The van der Waals surface area contributed by atoms with Gasteiger partial charge in [-0.15, -0.1) is 0 Å². The Morgan fingerprint density at radius 2 is 1.61 bits per heavy atom. The Bertz CT molecular complexity index is 955. The van der Waals surface area contributed by atoms with Crippen molar-refractivity contribution in [2.45, 2.75) is 38.4 Å². The first-order chi connectivity index (χ1) is 13.3. The van der Waals surface area contributed by atoms with Crippen LogP contribution in [0.1, 0.15) is 30.9 Å². The SMILES string of the molecule is CC(C)c1ccc(N2C(=O)CN(Cc3ccccc3)[C@H]3CS(=O)(=O)C[C@H]32)cc1. The normalized spacial score (nSPS) is 24.5. The molecule has 0 radical (unpaired) electrons. The van der Waals surface area contributed by atoms with Crippen LogP contribution in [0.15, 0.2) is 54.6 Å². The summed E-state index contributed by atoms with van der Waals surface area (Å²) < 4.78 is 24.9. The minimum absolute atomic E-state index is 0.0284. The molecule has 2 aliphatic heterocycles. The van der Waals surface area contributed by atoms with Gasteiger partial charge in [0.1, 0.15) is 0 Å². The van der Waals surface area contributed by atoms with Gasteiger partial charge in [-0.1, -0.05) is 56.3 Å². The van der Waals surface area contributed by atoms with Crippen LogP contribution in [0, 0.1) is 0 Å². The summed E-state index contributed by atoms with van der Waals surface area (Å²) in [5, 5.41) is 0. The highest BCUT2D eigenvalue weighted by Crippen LogP contribution is 2.33. The number of fused-ring (bicyclic) bond motifs is 1. The van der Waals surface area contributed by atoms with Crippen LogP contribution in [-0.4, -0.2) is 49.4 Å². The third-order valence-corrected chi connectivity index (χ3v) is 7.47. The predicted molar refractivity (Wildman–Crippen MR) is 111 cm³/mol. The van der Waals surface area contributed by atoms with Crippen LogP contribution in [0.25, 0.3) is 0 Å². The van der Waals surface area contributed by atoms with Crippen LogP contribution in [0.2, 0.25) is 0 Å². The molecule has 0 aliphatic carbocycles. The second-order valence-corrected chi connectivity index (χ2v) is 10.3. The molecule has 2 atom stereocenters. The zero-order chi connectivity index (χ0) is 19.9. The van der Waals surface area contributed by atoms with Crippen LogP contribution in [0.5, 0.6) is 0 Å². The number of sulfone groups is 1. The molecular formula is C22H26N2O3S. The van der Waals surface area contributed by atoms with E-state index in [1.165, 1.54) is 5.56 Å². The summed E-state index contributed by atoms with van der Waals surface area (Å²) in [4.78, 5) is 16.8. The molecule has 2 heterocycles. The number of piperazine rings is 1. The van der Waals surface area contributed by atoms with Crippen LogP contribution in [0.3, 0.4) is 0 Å². The fourth-order valence-electron chi connectivity index (χ4n) is 4.30. The van der Waals surface area contributed by atoms with Gasteiger partial charge in [-0.05, 0) is 29.2 Å². The Kier molecular flexibility index (Phi) is 5.02. The number of benzene rings is 2. The molecule has 4 rings (SSSR count). The van der Waals surface area contributed by atoms with E-state index in [1.54, 1.807) is 4.90 Å². The minimum atomic E-state index is -3.18. The number of carbonyl (C=O) groups excluding carboxylic acids is 1. The Morgan fingerprint density at radius 3 is 2.25 bits per heavy atom. The standard InChI is InChI=1S/C22H26N2O3S/c1-16(2)18-8-10-19(11-9-18)24-21-15-28(26,27)14-20(21)23(13-22(24)25)12-17-6-4-3-5-7-17/h3-11,16,20-21H,12-15H2,1-2H3/t20-,21+/m0/s1. The lowest BCUT2D eigenvalue weighted by Crippen LogP contribution is -2.61. The smallest absolute Gasteiger partial charge is 0.241 e. The molecule has 6 heteroatoms. The molecule has 2 aromatic carbocycles. The topological polar surface area (TPSA) is 57.7 Å². The lowest BCUT2D eigenvalue weighted by molar-refractivity contribution is -0.123. The molecule has 2 fully saturated rings. The van der Waals surface area contributed by atoms with Gasteiger partial charge in [0.15, 0.2) is 9.84 Å². The Balaban J connectivity index is 1.64. The minimum Gasteiger partial charge on any atom is -0.306 e. The van der Waals surface area contributed by atoms with Gasteiger partial charge in [-0.3, -0.25) is 9.69 Å². The molecule has 5 nitrogen and oxygen atoms in total. The van der Waals surface area contributed by atoms with Crippen molar-refractivity contribution < 1.29 is 13.2 Å². The Morgan fingerprint density at radius 1 is 0.964 bits per heavy atom. The highest BCUT2D eigenvalue weighted by Gasteiger charge is 2.49. The van der Waals surface area contributed by atoms with Crippen molar-refractivity contribution in [3.8, 4) is 0 Å². The van der Waals surface area contributed by atoms with Gasteiger partial charge in [0.05, 0.1) is 24.1 Å². The number of hydrogen-bond donors (Lipinski definition) is 0. The quantitative estimate of drug-likeness (QED) is 0.795. The van der Waals surface area contributed by atoms with E-state index >= 15 is 0 Å². The molecule has 0 aromatic heterocycles. The molecule has 0 saturated carbocycles. The highest BCUT2D eigenvalue weighted by atomic mass is 32.2. The van der Waals surface area contributed by atoms with Crippen LogP contribution in [0.4, 0.5) is 5.69 Å². The second-order valence-electron chi connectivity index (χ2n) is 8.11. The monoisotopic (exact) mass is 398 g/mol. The molecule has 2 aliphatic rings. The predicted octanol–water partition coefficient (Wildman–Crippen LogP) is 2.82. The van der Waals surface area contributed by atoms with Crippen molar-refractivity contribution in [1.29, 1.82) is 0 Å². The molecule has 0 N–H and O–H groups in total. The molecular weight excluding hydrogens is 372 g/mol. The van der Waals surface area contributed by atoms with E-state index in [0.29, 0.717) is 12.5 Å². The molecule has 0 bridgehead atoms. The van der Waals surface area contributed by atoms with Gasteiger partial charge in [0.2, 0.25) is 5.91 Å². The average molecular weight is 399 g/mol. The van der Waals surface area contributed by atoms with Crippen molar-refractivity contribution in [2.24, 2.45) is 0 Å². The zero-order valence-corrected chi connectivity index (χ0v) is 17.1. The summed E-state index contributed by atoms with van der Waals surface area (Å²) in [6.45, 7) is 5.07. The Hall–Kier alpha value is -2.18. The number of amides is 1. The van der Waals surface area contributed by atoms with Crippen molar-refractivity contribution in [3.05, 3.63) is 65.7 Å². The summed E-state index contributed by atoms with van der Waals surface area (Å²) in [6, 6.07) is 17.4. The maximum absolute atomic E-state index is 13.1. The summed E-state index contributed by atoms with van der Waals surface area (Å²) >= 11 is 0. The van der Waals surface area contributed by atoms with Crippen molar-refractivity contribution in [3.63, 3.8) is 0 Å². The molecule has 28 heavy (non-hydrogen) atoms. The number of carbonyl (C=O) groups is 1. The van der Waals surface area contributed by atoms with E-state index in [9.17, 15) is 13.2 Å². The van der Waals surface area contributed by atoms with E-state index in [2.05, 4.69) is 13.8 Å². The molecule has 1 amide bonds. The first kappa shape index (κ1) is 19.2. The van der Waals surface area contributed by atoms with E-state index in [1.807, 2.05) is 59.5 Å². The highest BCUT2D eigenvalue weighted by molar-refractivity contribution is 7.91. The molecule has 0 spiro atoms. The second kappa shape index (κ2) is 7.33. The van der Waals surface area contributed by atoms with Gasteiger partial charge in [-0.2, -0.15) is 0 Å². The molecule has 2 aromatic rings. The van der Waals surface area contributed by atoms with E-state index in [0.717, 1.165) is 11.3 Å². The number of hydrogen-bond acceptors (Lipinski definition) is 4. The van der Waals surface area contributed by atoms with Crippen molar-refractivity contribution in [1.82, 2.24) is 4.90 Å². The number of anilines is 1.